The van der Waals surface area contributed by atoms with E-state index in [0.717, 1.165) is 37.9 Å². The highest BCUT2D eigenvalue weighted by atomic mass is 32.2. The summed E-state index contributed by atoms with van der Waals surface area (Å²) in [7, 11) is 0. The van der Waals surface area contributed by atoms with Crippen molar-refractivity contribution in [1.82, 2.24) is 9.97 Å². The van der Waals surface area contributed by atoms with E-state index in [1.54, 1.807) is 30.2 Å². The first kappa shape index (κ1) is 28.7. The van der Waals surface area contributed by atoms with Gasteiger partial charge in [0.25, 0.3) is 0 Å². The first-order valence-electron chi connectivity index (χ1n) is 11.8. The molecular weight excluding hydrogens is 426 g/mol. The van der Waals surface area contributed by atoms with Gasteiger partial charge in [0.1, 0.15) is 5.84 Å². The summed E-state index contributed by atoms with van der Waals surface area (Å²) in [5.74, 6) is 2.22. The van der Waals surface area contributed by atoms with Gasteiger partial charge in [0.2, 0.25) is 5.95 Å². The number of nitrogens with zero attached hydrogens (tertiary/aromatic N) is 2. The summed E-state index contributed by atoms with van der Waals surface area (Å²) < 4.78 is 0. The van der Waals surface area contributed by atoms with Gasteiger partial charge in [0.15, 0.2) is 0 Å². The third-order valence-corrected chi connectivity index (χ3v) is 6.20. The van der Waals surface area contributed by atoms with E-state index in [-0.39, 0.29) is 11.9 Å². The Balaban J connectivity index is 2.27. The van der Waals surface area contributed by atoms with Crippen molar-refractivity contribution < 1.29 is 0 Å². The molecule has 0 aliphatic rings. The summed E-state index contributed by atoms with van der Waals surface area (Å²) in [6.45, 7) is 11.0. The van der Waals surface area contributed by atoms with Crippen LogP contribution in [0.1, 0.15) is 73.1 Å². The average Bonchev–Trinajstić information content (AvgIpc) is 2.76. The molecule has 0 saturated heterocycles. The van der Waals surface area contributed by atoms with Crippen LogP contribution in [-0.2, 0) is 0 Å². The van der Waals surface area contributed by atoms with Gasteiger partial charge in [-0.1, -0.05) is 46.6 Å². The van der Waals surface area contributed by atoms with Crippen molar-refractivity contribution in [3.05, 3.63) is 65.1 Å². The van der Waals surface area contributed by atoms with Gasteiger partial charge in [-0.15, -0.1) is 0 Å². The quantitative estimate of drug-likeness (QED) is 0.104. The van der Waals surface area contributed by atoms with E-state index >= 15 is 0 Å². The van der Waals surface area contributed by atoms with Crippen LogP contribution < -0.4 is 11.1 Å². The molecule has 1 atom stereocenters. The van der Waals surface area contributed by atoms with Crippen molar-refractivity contribution in [1.29, 1.82) is 5.41 Å². The molecule has 0 spiro atoms. The predicted octanol–water partition coefficient (Wildman–Crippen LogP) is 7.07. The molecule has 0 amide bonds. The van der Waals surface area contributed by atoms with E-state index in [2.05, 4.69) is 74.2 Å². The van der Waals surface area contributed by atoms with Gasteiger partial charge in [-0.2, -0.15) is 11.8 Å². The monoisotopic (exact) mass is 469 g/mol. The minimum atomic E-state index is -0.262. The normalized spacial score (nSPS) is 13.5. The third-order valence-electron chi connectivity index (χ3n) is 5.23. The predicted molar refractivity (Wildman–Crippen MR) is 147 cm³/mol. The van der Waals surface area contributed by atoms with E-state index < -0.39 is 0 Å². The summed E-state index contributed by atoms with van der Waals surface area (Å²) in [6.07, 6.45) is 19.5. The molecule has 0 aromatic carbocycles. The Bertz CT molecular complexity index is 820. The first-order valence-corrected chi connectivity index (χ1v) is 13.0. The Kier molecular flexibility index (Phi) is 14.9. The maximum Gasteiger partial charge on any atom is 0.223 e. The minimum Gasteiger partial charge on any atom is -0.386 e. The fraction of sp³-hybridized carbons (Fsp3) is 0.519. The molecule has 0 aliphatic heterocycles. The molecule has 1 heterocycles. The smallest absolute Gasteiger partial charge is 0.223 e. The number of nitrogens with one attached hydrogen (secondary N) is 2. The minimum absolute atomic E-state index is 0.106. The molecule has 0 bridgehead atoms. The summed E-state index contributed by atoms with van der Waals surface area (Å²) in [5.41, 5.74) is 11.5. The topological polar surface area (TPSA) is 87.7 Å². The summed E-state index contributed by atoms with van der Waals surface area (Å²) in [6, 6.07) is 1.50. The number of nitrogens with two attached hydrogens (primary N) is 1. The Morgan fingerprint density at radius 1 is 0.909 bits per heavy atom. The molecule has 1 aromatic heterocycles. The number of thioether (sulfide) groups is 1. The van der Waals surface area contributed by atoms with Crippen molar-refractivity contribution in [3.8, 4) is 0 Å². The highest BCUT2D eigenvalue weighted by Crippen LogP contribution is 2.15. The van der Waals surface area contributed by atoms with Crippen molar-refractivity contribution in [2.75, 3.05) is 16.8 Å². The SMILES string of the molecule is CC(C)=CCCC(C)=CCCC(C)=CCCC(C)=CCSCC(Nc1ncccn1)C(=N)N. The second kappa shape index (κ2) is 17.2. The summed E-state index contributed by atoms with van der Waals surface area (Å²) in [4.78, 5) is 8.29. The molecule has 0 aliphatic carbocycles. The molecule has 33 heavy (non-hydrogen) atoms. The van der Waals surface area contributed by atoms with Crippen LogP contribution in [-0.4, -0.2) is 33.4 Å². The Hall–Kier alpha value is -2.34. The van der Waals surface area contributed by atoms with Crippen LogP contribution in [0.2, 0.25) is 0 Å². The standard InChI is InChI=1S/C27H43N5S/c1-21(2)10-6-11-22(3)12-7-13-23(4)14-8-15-24(5)16-19-33-20-25(26(28)29)32-27-30-17-9-18-31-27/h9-10,12,14,16-18,25H,6-8,11,13,15,19-20H2,1-5H3,(H3,28,29)(H,30,31,32). The van der Waals surface area contributed by atoms with Crippen LogP contribution in [0.25, 0.3) is 0 Å². The second-order valence-electron chi connectivity index (χ2n) is 8.81. The van der Waals surface area contributed by atoms with Crippen LogP contribution in [0.3, 0.4) is 0 Å². The lowest BCUT2D eigenvalue weighted by Gasteiger charge is -2.16. The molecule has 1 unspecified atom stereocenters. The number of hydrogen-bond donors (Lipinski definition) is 3. The van der Waals surface area contributed by atoms with Gasteiger partial charge in [-0.3, -0.25) is 5.41 Å². The van der Waals surface area contributed by atoms with E-state index in [1.165, 1.54) is 28.7 Å². The van der Waals surface area contributed by atoms with Gasteiger partial charge in [-0.05, 0) is 79.2 Å². The largest absolute Gasteiger partial charge is 0.386 e. The number of allylic oxidation sites excluding steroid dienone is 7. The maximum atomic E-state index is 7.79. The number of aromatic nitrogens is 2. The van der Waals surface area contributed by atoms with Gasteiger partial charge < -0.3 is 11.1 Å². The first-order chi connectivity index (χ1) is 15.8. The van der Waals surface area contributed by atoms with Gasteiger partial charge in [0, 0.05) is 23.9 Å². The van der Waals surface area contributed by atoms with Crippen LogP contribution in [0.5, 0.6) is 0 Å². The summed E-state index contributed by atoms with van der Waals surface area (Å²) >= 11 is 1.76. The number of amidine groups is 1. The Morgan fingerprint density at radius 3 is 1.94 bits per heavy atom. The molecule has 182 valence electrons. The molecule has 0 fully saturated rings. The van der Waals surface area contributed by atoms with Gasteiger partial charge in [-0.25, -0.2) is 9.97 Å². The molecule has 0 radical (unpaired) electrons. The second-order valence-corrected chi connectivity index (χ2v) is 9.89. The van der Waals surface area contributed by atoms with Crippen molar-refractivity contribution in [2.24, 2.45) is 5.73 Å². The molecular formula is C27H43N5S. The highest BCUT2D eigenvalue weighted by Gasteiger charge is 2.12. The molecule has 5 nitrogen and oxygen atoms in total. The zero-order valence-electron chi connectivity index (χ0n) is 21.2. The zero-order chi connectivity index (χ0) is 24.5. The fourth-order valence-corrected chi connectivity index (χ4v) is 4.15. The van der Waals surface area contributed by atoms with E-state index in [1.807, 2.05) is 0 Å². The van der Waals surface area contributed by atoms with E-state index in [0.29, 0.717) is 11.7 Å². The average molecular weight is 470 g/mol. The van der Waals surface area contributed by atoms with E-state index in [4.69, 9.17) is 11.1 Å². The molecule has 1 rings (SSSR count). The summed E-state index contributed by atoms with van der Waals surface area (Å²) in [5, 5.41) is 10.9. The maximum absolute atomic E-state index is 7.79. The molecule has 1 aromatic rings. The molecule has 4 N–H and O–H groups in total. The number of anilines is 1. The fourth-order valence-electron chi connectivity index (χ4n) is 3.11. The van der Waals surface area contributed by atoms with Crippen LogP contribution >= 0.6 is 11.8 Å². The van der Waals surface area contributed by atoms with Crippen molar-refractivity contribution in [3.63, 3.8) is 0 Å². The lowest BCUT2D eigenvalue weighted by Crippen LogP contribution is -2.37. The van der Waals surface area contributed by atoms with Crippen molar-refractivity contribution in [2.45, 2.75) is 79.2 Å². The van der Waals surface area contributed by atoms with Crippen LogP contribution in [0, 0.1) is 5.41 Å². The lowest BCUT2D eigenvalue weighted by atomic mass is 10.0. The zero-order valence-corrected chi connectivity index (χ0v) is 22.0. The number of rotatable bonds is 16. The lowest BCUT2D eigenvalue weighted by molar-refractivity contribution is 0.899. The van der Waals surface area contributed by atoms with Gasteiger partial charge in [0.05, 0.1) is 6.04 Å². The van der Waals surface area contributed by atoms with Gasteiger partial charge >= 0.3 is 0 Å². The van der Waals surface area contributed by atoms with Crippen molar-refractivity contribution >= 4 is 23.5 Å². The number of hydrogen-bond acceptors (Lipinski definition) is 5. The molecule has 0 saturated carbocycles. The Labute approximate surface area is 205 Å². The molecule has 6 heteroatoms. The Morgan fingerprint density at radius 2 is 1.42 bits per heavy atom. The van der Waals surface area contributed by atoms with E-state index in [9.17, 15) is 0 Å². The third kappa shape index (κ3) is 15.2. The van der Waals surface area contributed by atoms with Crippen LogP contribution in [0.15, 0.2) is 65.1 Å². The highest BCUT2D eigenvalue weighted by molar-refractivity contribution is 7.99. The van der Waals surface area contributed by atoms with Crippen LogP contribution in [0.4, 0.5) is 5.95 Å².